The number of phenols is 1. The van der Waals surface area contributed by atoms with Gasteiger partial charge in [-0.15, -0.1) is 0 Å². The second-order valence-electron chi connectivity index (χ2n) is 6.51. The molecule has 8 heteroatoms. The average Bonchev–Trinajstić information content (AvgIpc) is 2.74. The number of anilines is 1. The largest absolute Gasteiger partial charge is 0.508 e. The summed E-state index contributed by atoms with van der Waals surface area (Å²) in [6.45, 7) is 1.70. The quantitative estimate of drug-likeness (QED) is 0.361. The van der Waals surface area contributed by atoms with Crippen LogP contribution in [0.15, 0.2) is 72.8 Å². The van der Waals surface area contributed by atoms with Crippen molar-refractivity contribution < 1.29 is 24.4 Å². The summed E-state index contributed by atoms with van der Waals surface area (Å²) in [6.07, 6.45) is -1.34. The van der Waals surface area contributed by atoms with Gasteiger partial charge in [-0.1, -0.05) is 36.4 Å². The maximum Gasteiger partial charge on any atom is 0.339 e. The lowest BCUT2D eigenvalue weighted by Crippen LogP contribution is -2.26. The minimum absolute atomic E-state index is 0.00258. The van der Waals surface area contributed by atoms with Crippen LogP contribution in [0.25, 0.3) is 0 Å². The molecular weight excluding hydrogens is 388 g/mol. The van der Waals surface area contributed by atoms with E-state index in [9.17, 15) is 24.8 Å². The molecule has 0 spiro atoms. The first-order chi connectivity index (χ1) is 14.3. The van der Waals surface area contributed by atoms with Gasteiger partial charge >= 0.3 is 5.97 Å². The highest BCUT2D eigenvalue weighted by Crippen LogP contribution is 2.28. The lowest BCUT2D eigenvalue weighted by atomic mass is 10.1. The van der Waals surface area contributed by atoms with Crippen molar-refractivity contribution in [3.8, 4) is 5.75 Å². The maximum absolute atomic E-state index is 12.9. The van der Waals surface area contributed by atoms with Crippen LogP contribution in [0.3, 0.4) is 0 Å². The third kappa shape index (κ3) is 4.79. The molecule has 2 N–H and O–H groups in total. The molecule has 1 atom stereocenters. The molecule has 0 saturated carbocycles. The van der Waals surface area contributed by atoms with Crippen LogP contribution in [0.1, 0.15) is 27.6 Å². The minimum Gasteiger partial charge on any atom is -0.508 e. The van der Waals surface area contributed by atoms with E-state index in [0.29, 0.717) is 11.1 Å². The fourth-order valence-corrected chi connectivity index (χ4v) is 2.77. The molecule has 3 rings (SSSR count). The molecule has 0 unspecified atom stereocenters. The van der Waals surface area contributed by atoms with Crippen molar-refractivity contribution in [1.29, 1.82) is 0 Å². The first kappa shape index (κ1) is 20.5. The SMILES string of the molecule is Cc1ccc(NC(=O)[C@H](OC(=O)c2ccc(O)cc2)c2ccccc2)c([N+](=O)[O-])c1. The Bertz CT molecular complexity index is 1080. The number of carbonyl (C=O) groups is 2. The number of nitro groups is 1. The van der Waals surface area contributed by atoms with E-state index in [1.165, 1.54) is 36.4 Å². The fourth-order valence-electron chi connectivity index (χ4n) is 2.77. The highest BCUT2D eigenvalue weighted by molar-refractivity contribution is 5.99. The number of phenolic OH excluding ortho intramolecular Hbond substituents is 1. The molecule has 3 aromatic carbocycles. The van der Waals surface area contributed by atoms with Crippen molar-refractivity contribution >= 4 is 23.3 Å². The molecule has 152 valence electrons. The molecule has 30 heavy (non-hydrogen) atoms. The summed E-state index contributed by atoms with van der Waals surface area (Å²) < 4.78 is 5.42. The number of hydrogen-bond acceptors (Lipinski definition) is 6. The molecule has 0 aliphatic carbocycles. The van der Waals surface area contributed by atoms with E-state index in [-0.39, 0.29) is 22.7 Å². The highest BCUT2D eigenvalue weighted by Gasteiger charge is 2.27. The number of benzene rings is 3. The zero-order valence-corrected chi connectivity index (χ0v) is 15.9. The molecule has 1 amide bonds. The first-order valence-corrected chi connectivity index (χ1v) is 8.96. The zero-order chi connectivity index (χ0) is 21.7. The second-order valence-corrected chi connectivity index (χ2v) is 6.51. The molecule has 0 aliphatic rings. The molecule has 0 bridgehead atoms. The molecule has 0 fully saturated rings. The van der Waals surface area contributed by atoms with Crippen LogP contribution < -0.4 is 5.32 Å². The van der Waals surface area contributed by atoms with Gasteiger partial charge in [-0.05, 0) is 42.8 Å². The number of nitrogens with zero attached hydrogens (tertiary/aromatic N) is 1. The Hall–Kier alpha value is -4.20. The van der Waals surface area contributed by atoms with Gasteiger partial charge in [-0.25, -0.2) is 4.79 Å². The van der Waals surface area contributed by atoms with Crippen LogP contribution in [0.2, 0.25) is 0 Å². The Morgan fingerprint density at radius 2 is 1.70 bits per heavy atom. The normalized spacial score (nSPS) is 11.4. The van der Waals surface area contributed by atoms with Gasteiger partial charge in [0.25, 0.3) is 11.6 Å². The Kier molecular flexibility index (Phi) is 6.07. The summed E-state index contributed by atoms with van der Waals surface area (Å²) in [6, 6.07) is 18.1. The van der Waals surface area contributed by atoms with Crippen molar-refractivity contribution in [2.24, 2.45) is 0 Å². The number of rotatable bonds is 6. The van der Waals surface area contributed by atoms with E-state index in [4.69, 9.17) is 4.74 Å². The molecular formula is C22H18N2O6. The van der Waals surface area contributed by atoms with Crippen molar-refractivity contribution in [3.63, 3.8) is 0 Å². The van der Waals surface area contributed by atoms with Gasteiger partial charge in [0.2, 0.25) is 6.10 Å². The molecule has 0 heterocycles. The van der Waals surface area contributed by atoms with Gasteiger partial charge in [-0.3, -0.25) is 14.9 Å². The van der Waals surface area contributed by atoms with E-state index in [1.54, 1.807) is 43.3 Å². The van der Waals surface area contributed by atoms with Gasteiger partial charge in [0.15, 0.2) is 0 Å². The molecule has 0 saturated heterocycles. The van der Waals surface area contributed by atoms with Crippen molar-refractivity contribution in [2.75, 3.05) is 5.32 Å². The van der Waals surface area contributed by atoms with Crippen molar-refractivity contribution in [1.82, 2.24) is 0 Å². The number of ether oxygens (including phenoxy) is 1. The number of amides is 1. The smallest absolute Gasteiger partial charge is 0.339 e. The topological polar surface area (TPSA) is 119 Å². The van der Waals surface area contributed by atoms with Gasteiger partial charge in [0.1, 0.15) is 11.4 Å². The van der Waals surface area contributed by atoms with Gasteiger partial charge in [0, 0.05) is 11.6 Å². The van der Waals surface area contributed by atoms with Crippen LogP contribution in [0, 0.1) is 17.0 Å². The van der Waals surface area contributed by atoms with Crippen molar-refractivity contribution in [3.05, 3.63) is 99.6 Å². The maximum atomic E-state index is 12.9. The standard InChI is InChI=1S/C22H18N2O6/c1-14-7-12-18(19(13-14)24(28)29)23-21(26)20(15-5-3-2-4-6-15)30-22(27)16-8-10-17(25)11-9-16/h2-13,20,25H,1H3,(H,23,26)/t20-/m1/s1. The lowest BCUT2D eigenvalue weighted by molar-refractivity contribution is -0.384. The summed E-state index contributed by atoms with van der Waals surface area (Å²) in [5.74, 6) is -1.53. The van der Waals surface area contributed by atoms with E-state index in [1.807, 2.05) is 0 Å². The van der Waals surface area contributed by atoms with Crippen LogP contribution >= 0.6 is 0 Å². The summed E-state index contributed by atoms with van der Waals surface area (Å²) in [7, 11) is 0. The number of esters is 1. The minimum atomic E-state index is -1.34. The monoisotopic (exact) mass is 406 g/mol. The number of carbonyl (C=O) groups excluding carboxylic acids is 2. The van der Waals surface area contributed by atoms with E-state index >= 15 is 0 Å². The van der Waals surface area contributed by atoms with E-state index in [2.05, 4.69) is 5.32 Å². The van der Waals surface area contributed by atoms with Crippen LogP contribution in [-0.4, -0.2) is 21.9 Å². The van der Waals surface area contributed by atoms with Gasteiger partial charge < -0.3 is 15.2 Å². The first-order valence-electron chi connectivity index (χ1n) is 8.96. The predicted octanol–water partition coefficient (Wildman–Crippen LogP) is 4.15. The van der Waals surface area contributed by atoms with Crippen LogP contribution in [0.4, 0.5) is 11.4 Å². The number of nitro benzene ring substituents is 1. The van der Waals surface area contributed by atoms with Crippen LogP contribution in [-0.2, 0) is 9.53 Å². The fraction of sp³-hybridized carbons (Fsp3) is 0.0909. The Balaban J connectivity index is 1.89. The molecule has 3 aromatic rings. The third-order valence-electron chi connectivity index (χ3n) is 4.28. The summed E-state index contributed by atoms with van der Waals surface area (Å²) in [5.41, 5.74) is 0.940. The van der Waals surface area contributed by atoms with Gasteiger partial charge in [0.05, 0.1) is 10.5 Å². The Morgan fingerprint density at radius 1 is 1.03 bits per heavy atom. The lowest BCUT2D eigenvalue weighted by Gasteiger charge is -2.18. The summed E-state index contributed by atoms with van der Waals surface area (Å²) in [4.78, 5) is 36.2. The number of hydrogen-bond donors (Lipinski definition) is 2. The molecule has 0 aromatic heterocycles. The Morgan fingerprint density at radius 3 is 2.33 bits per heavy atom. The second kappa shape index (κ2) is 8.87. The molecule has 0 aliphatic heterocycles. The average molecular weight is 406 g/mol. The third-order valence-corrected chi connectivity index (χ3v) is 4.28. The molecule has 0 radical (unpaired) electrons. The van der Waals surface area contributed by atoms with Crippen molar-refractivity contribution in [2.45, 2.75) is 13.0 Å². The number of aryl methyl sites for hydroxylation is 1. The van der Waals surface area contributed by atoms with Crippen LogP contribution in [0.5, 0.6) is 5.75 Å². The summed E-state index contributed by atoms with van der Waals surface area (Å²) >= 11 is 0. The zero-order valence-electron chi connectivity index (χ0n) is 15.9. The summed E-state index contributed by atoms with van der Waals surface area (Å²) in [5, 5.41) is 23.2. The highest BCUT2D eigenvalue weighted by atomic mass is 16.6. The van der Waals surface area contributed by atoms with E-state index < -0.39 is 22.9 Å². The number of aromatic hydroxyl groups is 1. The van der Waals surface area contributed by atoms with E-state index in [0.717, 1.165) is 0 Å². The van der Waals surface area contributed by atoms with Gasteiger partial charge in [-0.2, -0.15) is 0 Å². The Labute approximate surface area is 171 Å². The predicted molar refractivity (Wildman–Crippen MR) is 109 cm³/mol. The molecule has 8 nitrogen and oxygen atoms in total. The number of nitrogens with one attached hydrogen (secondary N) is 1.